The highest BCUT2D eigenvalue weighted by molar-refractivity contribution is 5.79. The average molecular weight is 238 g/mol. The number of carbonyl (C=O) groups is 1. The Labute approximate surface area is 102 Å². The zero-order chi connectivity index (χ0) is 12.0. The monoisotopic (exact) mass is 238 g/mol. The fraction of sp³-hybridized carbons (Fsp3) is 0.923. The van der Waals surface area contributed by atoms with Gasteiger partial charge in [-0.15, -0.1) is 0 Å². The van der Waals surface area contributed by atoms with E-state index in [2.05, 4.69) is 5.32 Å². The topological polar surface area (TPSA) is 64.3 Å². The van der Waals surface area contributed by atoms with Gasteiger partial charge in [0.1, 0.15) is 0 Å². The molecule has 4 nitrogen and oxygen atoms in total. The molecule has 0 saturated heterocycles. The molecule has 5 unspecified atom stereocenters. The summed E-state index contributed by atoms with van der Waals surface area (Å²) in [5.74, 6) is 2.16. The van der Waals surface area contributed by atoms with E-state index in [0.29, 0.717) is 6.61 Å². The van der Waals surface area contributed by atoms with E-state index >= 15 is 0 Å². The molecule has 0 spiro atoms. The molecule has 0 bridgehead atoms. The number of nitrogens with one attached hydrogen (secondary N) is 1. The summed E-state index contributed by atoms with van der Waals surface area (Å²) >= 11 is 0. The van der Waals surface area contributed by atoms with E-state index in [1.165, 1.54) is 6.42 Å². The van der Waals surface area contributed by atoms with E-state index in [4.69, 9.17) is 10.5 Å². The van der Waals surface area contributed by atoms with Gasteiger partial charge in [0.2, 0.25) is 5.91 Å². The van der Waals surface area contributed by atoms with Crippen molar-refractivity contribution in [2.45, 2.75) is 50.8 Å². The first-order chi connectivity index (χ1) is 8.19. The van der Waals surface area contributed by atoms with E-state index < -0.39 is 0 Å². The van der Waals surface area contributed by atoms with E-state index in [0.717, 1.165) is 31.1 Å². The Morgan fingerprint density at radius 2 is 2.00 bits per heavy atom. The van der Waals surface area contributed by atoms with Crippen LogP contribution in [0.1, 0.15) is 32.6 Å². The van der Waals surface area contributed by atoms with Crippen molar-refractivity contribution in [1.29, 1.82) is 0 Å². The fourth-order valence-electron chi connectivity index (χ4n) is 3.44. The summed E-state index contributed by atoms with van der Waals surface area (Å²) in [4.78, 5) is 12.1. The van der Waals surface area contributed by atoms with Crippen LogP contribution in [0.2, 0.25) is 0 Å². The number of hydrogen-bond acceptors (Lipinski definition) is 3. The van der Waals surface area contributed by atoms with Gasteiger partial charge in [0.15, 0.2) is 0 Å². The summed E-state index contributed by atoms with van der Waals surface area (Å²) in [5.41, 5.74) is 5.93. The molecule has 0 aliphatic heterocycles. The summed E-state index contributed by atoms with van der Waals surface area (Å²) in [6.45, 7) is 2.67. The summed E-state index contributed by atoms with van der Waals surface area (Å²) in [7, 11) is 0. The minimum Gasteiger partial charge on any atom is -0.376 e. The Morgan fingerprint density at radius 3 is 2.59 bits per heavy atom. The van der Waals surface area contributed by atoms with Crippen LogP contribution in [0, 0.1) is 17.8 Å². The lowest BCUT2D eigenvalue weighted by Crippen LogP contribution is -2.65. The number of ether oxygens (including phenoxy) is 1. The van der Waals surface area contributed by atoms with Crippen molar-refractivity contribution < 1.29 is 9.53 Å². The number of hydrogen-bond donors (Lipinski definition) is 2. The van der Waals surface area contributed by atoms with E-state index in [1.54, 1.807) is 0 Å². The van der Waals surface area contributed by atoms with E-state index in [1.807, 2.05) is 6.92 Å². The molecule has 0 aromatic carbocycles. The lowest BCUT2D eigenvalue weighted by Gasteiger charge is -2.42. The fourth-order valence-corrected chi connectivity index (χ4v) is 3.44. The lowest BCUT2D eigenvalue weighted by atomic mass is 9.83. The molecule has 0 radical (unpaired) electrons. The zero-order valence-corrected chi connectivity index (χ0v) is 10.4. The van der Waals surface area contributed by atoms with Crippen molar-refractivity contribution >= 4 is 5.91 Å². The first-order valence-corrected chi connectivity index (χ1v) is 6.86. The van der Waals surface area contributed by atoms with Gasteiger partial charge < -0.3 is 15.8 Å². The Kier molecular flexibility index (Phi) is 2.87. The molecule has 96 valence electrons. The summed E-state index contributed by atoms with van der Waals surface area (Å²) in [6.07, 6.45) is 4.55. The third-order valence-electron chi connectivity index (χ3n) is 4.67. The van der Waals surface area contributed by atoms with E-state index in [9.17, 15) is 4.79 Å². The molecule has 17 heavy (non-hydrogen) atoms. The second-order valence-corrected chi connectivity index (χ2v) is 5.85. The minimum atomic E-state index is 0.0411. The van der Waals surface area contributed by atoms with Crippen LogP contribution in [0.15, 0.2) is 0 Å². The molecule has 3 aliphatic carbocycles. The van der Waals surface area contributed by atoms with Gasteiger partial charge in [-0.1, -0.05) is 0 Å². The van der Waals surface area contributed by atoms with Crippen molar-refractivity contribution in [3.05, 3.63) is 0 Å². The molecule has 3 saturated carbocycles. The quantitative estimate of drug-likeness (QED) is 0.756. The van der Waals surface area contributed by atoms with Crippen LogP contribution >= 0.6 is 0 Å². The SMILES string of the molecule is CCOC1CC(N)C1NC(=O)C1CC2CC2C1. The smallest absolute Gasteiger partial charge is 0.223 e. The molecule has 3 N–H and O–H groups in total. The Hall–Kier alpha value is -0.610. The summed E-state index contributed by atoms with van der Waals surface area (Å²) < 4.78 is 5.56. The average Bonchev–Trinajstić information content (AvgIpc) is 2.92. The highest BCUT2D eigenvalue weighted by Crippen LogP contribution is 2.54. The zero-order valence-electron chi connectivity index (χ0n) is 10.4. The van der Waals surface area contributed by atoms with Gasteiger partial charge in [0.05, 0.1) is 12.1 Å². The lowest BCUT2D eigenvalue weighted by molar-refractivity contribution is -0.129. The normalized spacial score (nSPS) is 47.2. The third-order valence-corrected chi connectivity index (χ3v) is 4.67. The molecule has 3 fully saturated rings. The van der Waals surface area contributed by atoms with Crippen LogP contribution in [-0.4, -0.2) is 30.7 Å². The van der Waals surface area contributed by atoms with Gasteiger partial charge in [-0.05, 0) is 44.4 Å². The van der Waals surface area contributed by atoms with Crippen LogP contribution in [0.4, 0.5) is 0 Å². The van der Waals surface area contributed by atoms with Gasteiger partial charge >= 0.3 is 0 Å². The molecule has 1 amide bonds. The maximum Gasteiger partial charge on any atom is 0.223 e. The molecule has 0 heterocycles. The first kappa shape index (κ1) is 11.5. The van der Waals surface area contributed by atoms with Crippen molar-refractivity contribution in [3.63, 3.8) is 0 Å². The molecule has 3 rings (SSSR count). The Morgan fingerprint density at radius 1 is 1.29 bits per heavy atom. The number of carbonyl (C=O) groups excluding carboxylic acids is 1. The van der Waals surface area contributed by atoms with E-state index in [-0.39, 0.29) is 30.0 Å². The Balaban J connectivity index is 1.50. The number of fused-ring (bicyclic) bond motifs is 1. The number of rotatable bonds is 4. The molecular weight excluding hydrogens is 216 g/mol. The van der Waals surface area contributed by atoms with Crippen LogP contribution in [-0.2, 0) is 9.53 Å². The largest absolute Gasteiger partial charge is 0.376 e. The first-order valence-electron chi connectivity index (χ1n) is 6.86. The second kappa shape index (κ2) is 4.25. The van der Waals surface area contributed by atoms with Crippen LogP contribution in [0.5, 0.6) is 0 Å². The summed E-state index contributed by atoms with van der Waals surface area (Å²) in [6, 6.07) is 0.116. The van der Waals surface area contributed by atoms with Crippen molar-refractivity contribution in [2.75, 3.05) is 6.61 Å². The van der Waals surface area contributed by atoms with Crippen LogP contribution < -0.4 is 11.1 Å². The predicted molar refractivity (Wildman–Crippen MR) is 64.3 cm³/mol. The van der Waals surface area contributed by atoms with Gasteiger partial charge in [0, 0.05) is 18.6 Å². The minimum absolute atomic E-state index is 0.0411. The summed E-state index contributed by atoms with van der Waals surface area (Å²) in [5, 5.41) is 3.10. The predicted octanol–water partition coefficient (Wildman–Crippen LogP) is 0.653. The maximum atomic E-state index is 12.1. The van der Waals surface area contributed by atoms with Gasteiger partial charge in [-0.2, -0.15) is 0 Å². The highest BCUT2D eigenvalue weighted by Gasteiger charge is 2.49. The molecule has 0 aromatic heterocycles. The Bertz CT molecular complexity index is 309. The molecule has 5 atom stereocenters. The maximum absolute atomic E-state index is 12.1. The second-order valence-electron chi connectivity index (χ2n) is 5.85. The van der Waals surface area contributed by atoms with Crippen molar-refractivity contribution in [1.82, 2.24) is 5.32 Å². The van der Waals surface area contributed by atoms with Gasteiger partial charge in [-0.3, -0.25) is 4.79 Å². The number of amides is 1. The number of nitrogens with two attached hydrogens (primary N) is 1. The highest BCUT2D eigenvalue weighted by atomic mass is 16.5. The van der Waals surface area contributed by atoms with Crippen LogP contribution in [0.3, 0.4) is 0 Å². The molecule has 3 aliphatic rings. The van der Waals surface area contributed by atoms with Crippen molar-refractivity contribution in [3.8, 4) is 0 Å². The van der Waals surface area contributed by atoms with Gasteiger partial charge in [-0.25, -0.2) is 0 Å². The molecule has 4 heteroatoms. The standard InChI is InChI=1S/C13H22N2O2/c1-2-17-11-6-10(14)12(11)15-13(16)9-4-7-3-8(7)5-9/h7-12H,2-6,14H2,1H3,(H,15,16). The van der Waals surface area contributed by atoms with Crippen LogP contribution in [0.25, 0.3) is 0 Å². The molecule has 0 aromatic rings. The molecular formula is C13H22N2O2. The van der Waals surface area contributed by atoms with Crippen molar-refractivity contribution in [2.24, 2.45) is 23.5 Å². The third kappa shape index (κ3) is 2.08. The van der Waals surface area contributed by atoms with Gasteiger partial charge in [0.25, 0.3) is 0 Å².